The molecular weight excluding hydrogens is 310 g/mol. The Labute approximate surface area is 139 Å². The van der Waals surface area contributed by atoms with Gasteiger partial charge in [0.25, 0.3) is 0 Å². The van der Waals surface area contributed by atoms with E-state index in [2.05, 4.69) is 15.3 Å². The molecule has 0 radical (unpaired) electrons. The Morgan fingerprint density at radius 1 is 1.09 bits per heavy atom. The van der Waals surface area contributed by atoms with Crippen molar-refractivity contribution in [2.75, 3.05) is 11.2 Å². The van der Waals surface area contributed by atoms with Gasteiger partial charge >= 0.3 is 0 Å². The first-order valence-electron chi connectivity index (χ1n) is 7.44. The Bertz CT molecular complexity index is 835. The standard InChI is InChI=1S/C18H16ClN3O/c19-10-4-9-18(23)21-14-6-3-5-13(11-14)17-12-20-15-7-1-2-8-16(15)22-17/h1-3,5-8,11-12H,4,9-10H2,(H,21,23). The number of anilines is 1. The number of nitrogens with zero attached hydrogens (tertiary/aromatic N) is 2. The lowest BCUT2D eigenvalue weighted by Gasteiger charge is -2.07. The molecule has 23 heavy (non-hydrogen) atoms. The Morgan fingerprint density at radius 2 is 1.91 bits per heavy atom. The number of carbonyl (C=O) groups is 1. The molecule has 0 aliphatic rings. The third kappa shape index (κ3) is 3.85. The summed E-state index contributed by atoms with van der Waals surface area (Å²) in [6, 6.07) is 15.3. The molecule has 116 valence electrons. The van der Waals surface area contributed by atoms with Gasteiger partial charge in [-0.25, -0.2) is 4.98 Å². The number of aromatic nitrogens is 2. The average Bonchev–Trinajstić information content (AvgIpc) is 2.60. The van der Waals surface area contributed by atoms with Crippen LogP contribution in [0.15, 0.2) is 54.7 Å². The number of fused-ring (bicyclic) bond motifs is 1. The highest BCUT2D eigenvalue weighted by Gasteiger charge is 2.06. The zero-order valence-electron chi connectivity index (χ0n) is 12.5. The molecule has 1 amide bonds. The number of nitrogens with one attached hydrogen (secondary N) is 1. The molecule has 5 heteroatoms. The minimum absolute atomic E-state index is 0.0348. The molecule has 1 aromatic heterocycles. The first-order valence-corrected chi connectivity index (χ1v) is 7.98. The second kappa shape index (κ2) is 7.20. The minimum atomic E-state index is -0.0348. The van der Waals surface area contributed by atoms with Gasteiger partial charge in [-0.05, 0) is 30.7 Å². The summed E-state index contributed by atoms with van der Waals surface area (Å²) in [6.07, 6.45) is 2.84. The first kappa shape index (κ1) is 15.4. The number of benzene rings is 2. The van der Waals surface area contributed by atoms with Crippen LogP contribution in [-0.4, -0.2) is 21.8 Å². The summed E-state index contributed by atoms with van der Waals surface area (Å²) in [5, 5.41) is 2.88. The van der Waals surface area contributed by atoms with Gasteiger partial charge in [-0.1, -0.05) is 24.3 Å². The fourth-order valence-corrected chi connectivity index (χ4v) is 2.44. The van der Waals surface area contributed by atoms with Gasteiger partial charge in [0.15, 0.2) is 0 Å². The first-order chi connectivity index (χ1) is 11.3. The molecule has 4 nitrogen and oxygen atoms in total. The van der Waals surface area contributed by atoms with Crippen molar-refractivity contribution in [3.05, 3.63) is 54.7 Å². The van der Waals surface area contributed by atoms with Crippen molar-refractivity contribution in [3.63, 3.8) is 0 Å². The largest absolute Gasteiger partial charge is 0.326 e. The summed E-state index contributed by atoms with van der Waals surface area (Å²) in [4.78, 5) is 20.8. The number of para-hydroxylation sites is 2. The topological polar surface area (TPSA) is 54.9 Å². The van der Waals surface area contributed by atoms with E-state index in [4.69, 9.17) is 11.6 Å². The molecule has 0 fully saturated rings. The van der Waals surface area contributed by atoms with Crippen molar-refractivity contribution in [1.29, 1.82) is 0 Å². The lowest BCUT2D eigenvalue weighted by Crippen LogP contribution is -2.11. The molecule has 1 heterocycles. The Balaban J connectivity index is 1.84. The molecule has 0 aliphatic carbocycles. The maximum atomic E-state index is 11.8. The minimum Gasteiger partial charge on any atom is -0.326 e. The van der Waals surface area contributed by atoms with Crippen LogP contribution >= 0.6 is 11.6 Å². The molecule has 0 saturated heterocycles. The van der Waals surface area contributed by atoms with E-state index in [1.54, 1.807) is 6.20 Å². The quantitative estimate of drug-likeness (QED) is 0.713. The smallest absolute Gasteiger partial charge is 0.224 e. The van der Waals surface area contributed by atoms with Crippen LogP contribution in [0.25, 0.3) is 22.3 Å². The van der Waals surface area contributed by atoms with E-state index < -0.39 is 0 Å². The van der Waals surface area contributed by atoms with Crippen LogP contribution in [0.5, 0.6) is 0 Å². The SMILES string of the molecule is O=C(CCCCl)Nc1cccc(-c2cnc3ccccc3n2)c1. The zero-order valence-corrected chi connectivity index (χ0v) is 13.3. The lowest BCUT2D eigenvalue weighted by atomic mass is 10.1. The maximum absolute atomic E-state index is 11.8. The summed E-state index contributed by atoms with van der Waals surface area (Å²) in [5.41, 5.74) is 4.15. The number of amides is 1. The summed E-state index contributed by atoms with van der Waals surface area (Å²) in [7, 11) is 0. The number of hydrogen-bond donors (Lipinski definition) is 1. The maximum Gasteiger partial charge on any atom is 0.224 e. The van der Waals surface area contributed by atoms with E-state index in [-0.39, 0.29) is 5.91 Å². The van der Waals surface area contributed by atoms with E-state index in [1.165, 1.54) is 0 Å². The Hall–Kier alpha value is -2.46. The highest BCUT2D eigenvalue weighted by molar-refractivity contribution is 6.18. The molecule has 0 atom stereocenters. The predicted molar refractivity (Wildman–Crippen MR) is 93.6 cm³/mol. The molecule has 1 N–H and O–H groups in total. The predicted octanol–water partition coefficient (Wildman–Crippen LogP) is 4.25. The Morgan fingerprint density at radius 3 is 2.74 bits per heavy atom. The monoisotopic (exact) mass is 325 g/mol. The summed E-state index contributed by atoms with van der Waals surface area (Å²) in [6.45, 7) is 0. The van der Waals surface area contributed by atoms with Gasteiger partial charge in [0.1, 0.15) is 0 Å². The molecule has 0 unspecified atom stereocenters. The molecule has 3 rings (SSSR count). The van der Waals surface area contributed by atoms with E-state index in [9.17, 15) is 4.79 Å². The van der Waals surface area contributed by atoms with E-state index >= 15 is 0 Å². The summed E-state index contributed by atoms with van der Waals surface area (Å²) in [5.74, 6) is 0.451. The summed E-state index contributed by atoms with van der Waals surface area (Å²) >= 11 is 5.61. The molecular formula is C18H16ClN3O. The van der Waals surface area contributed by atoms with Gasteiger partial charge in [-0.15, -0.1) is 11.6 Å². The summed E-state index contributed by atoms with van der Waals surface area (Å²) < 4.78 is 0. The fraction of sp³-hybridized carbons (Fsp3) is 0.167. The van der Waals surface area contributed by atoms with Crippen molar-refractivity contribution in [2.45, 2.75) is 12.8 Å². The second-order valence-electron chi connectivity index (χ2n) is 5.17. The van der Waals surface area contributed by atoms with Crippen LogP contribution in [0.4, 0.5) is 5.69 Å². The van der Waals surface area contributed by atoms with Gasteiger partial charge in [-0.2, -0.15) is 0 Å². The molecule has 3 aromatic rings. The van der Waals surface area contributed by atoms with E-state index in [1.807, 2.05) is 48.5 Å². The van der Waals surface area contributed by atoms with E-state index in [0.29, 0.717) is 18.7 Å². The highest BCUT2D eigenvalue weighted by atomic mass is 35.5. The van der Waals surface area contributed by atoms with E-state index in [0.717, 1.165) is 28.0 Å². The number of alkyl halides is 1. The average molecular weight is 326 g/mol. The number of hydrogen-bond acceptors (Lipinski definition) is 3. The number of halogens is 1. The van der Waals surface area contributed by atoms with Crippen LogP contribution in [-0.2, 0) is 4.79 Å². The molecule has 0 aliphatic heterocycles. The lowest BCUT2D eigenvalue weighted by molar-refractivity contribution is -0.116. The van der Waals surface area contributed by atoms with Crippen molar-refractivity contribution in [1.82, 2.24) is 9.97 Å². The molecule has 0 bridgehead atoms. The molecule has 0 saturated carbocycles. The van der Waals surface area contributed by atoms with Gasteiger partial charge in [0.2, 0.25) is 5.91 Å². The van der Waals surface area contributed by atoms with Gasteiger partial charge in [0.05, 0.1) is 22.9 Å². The Kier molecular flexibility index (Phi) is 4.83. The van der Waals surface area contributed by atoms with Crippen LogP contribution in [0.2, 0.25) is 0 Å². The second-order valence-corrected chi connectivity index (χ2v) is 5.54. The highest BCUT2D eigenvalue weighted by Crippen LogP contribution is 2.22. The fourth-order valence-electron chi connectivity index (χ4n) is 2.30. The van der Waals surface area contributed by atoms with Gasteiger partial charge in [0, 0.05) is 23.6 Å². The van der Waals surface area contributed by atoms with Crippen molar-refractivity contribution in [2.24, 2.45) is 0 Å². The van der Waals surface area contributed by atoms with Crippen LogP contribution in [0.1, 0.15) is 12.8 Å². The van der Waals surface area contributed by atoms with Crippen LogP contribution < -0.4 is 5.32 Å². The van der Waals surface area contributed by atoms with Gasteiger partial charge in [-0.3, -0.25) is 9.78 Å². The van der Waals surface area contributed by atoms with Gasteiger partial charge < -0.3 is 5.32 Å². The normalized spacial score (nSPS) is 10.7. The molecule has 2 aromatic carbocycles. The third-order valence-electron chi connectivity index (χ3n) is 3.43. The van der Waals surface area contributed by atoms with Crippen LogP contribution in [0, 0.1) is 0 Å². The van der Waals surface area contributed by atoms with Crippen LogP contribution in [0.3, 0.4) is 0 Å². The molecule has 0 spiro atoms. The van der Waals surface area contributed by atoms with Crippen molar-refractivity contribution < 1.29 is 4.79 Å². The zero-order chi connectivity index (χ0) is 16.1. The van der Waals surface area contributed by atoms with Crippen molar-refractivity contribution >= 4 is 34.2 Å². The number of carbonyl (C=O) groups excluding carboxylic acids is 1. The number of rotatable bonds is 5. The van der Waals surface area contributed by atoms with Crippen molar-refractivity contribution in [3.8, 4) is 11.3 Å². The third-order valence-corrected chi connectivity index (χ3v) is 3.70.